The van der Waals surface area contributed by atoms with Crippen LogP contribution in [0.25, 0.3) is 10.8 Å². The van der Waals surface area contributed by atoms with Gasteiger partial charge in [-0.25, -0.2) is 4.79 Å². The highest BCUT2D eigenvalue weighted by atomic mass is 16.9. The highest BCUT2D eigenvalue weighted by Crippen LogP contribution is 2.21. The molecule has 0 fully saturated rings. The van der Waals surface area contributed by atoms with Gasteiger partial charge in [0.2, 0.25) is 0 Å². The molecule has 0 saturated carbocycles. The van der Waals surface area contributed by atoms with Gasteiger partial charge in [0.25, 0.3) is 5.09 Å². The lowest BCUT2D eigenvalue weighted by Gasteiger charge is -2.08. The fraction of sp³-hybridized carbons (Fsp3) is 0.0556. The van der Waals surface area contributed by atoms with Crippen molar-refractivity contribution >= 4 is 16.7 Å². The second-order valence-corrected chi connectivity index (χ2v) is 5.06. The standard InChI is InChI=1S/C18H13NO5/c20-18(17-7-3-5-14-4-1-2-6-16(14)17)24-15-10-8-13(9-11-15)12-23-19(21)22/h1-11H,12H2. The van der Waals surface area contributed by atoms with Gasteiger partial charge in [-0.2, -0.15) is 0 Å². The van der Waals surface area contributed by atoms with Crippen molar-refractivity contribution < 1.29 is 19.5 Å². The van der Waals surface area contributed by atoms with Gasteiger partial charge in [0.15, 0.2) is 0 Å². The molecule has 0 heterocycles. The van der Waals surface area contributed by atoms with Crippen LogP contribution < -0.4 is 4.74 Å². The van der Waals surface area contributed by atoms with Crippen molar-refractivity contribution in [3.05, 3.63) is 88.0 Å². The molecule has 0 aliphatic carbocycles. The number of ether oxygens (including phenoxy) is 1. The monoisotopic (exact) mass is 323 g/mol. The van der Waals surface area contributed by atoms with Crippen LogP contribution in [0.4, 0.5) is 0 Å². The van der Waals surface area contributed by atoms with Gasteiger partial charge in [-0.3, -0.25) is 0 Å². The molecule has 0 spiro atoms. The van der Waals surface area contributed by atoms with Crippen LogP contribution in [-0.2, 0) is 11.4 Å². The van der Waals surface area contributed by atoms with Gasteiger partial charge in [-0.05, 0) is 34.5 Å². The second-order valence-electron chi connectivity index (χ2n) is 5.06. The van der Waals surface area contributed by atoms with Gasteiger partial charge in [-0.15, -0.1) is 10.1 Å². The maximum Gasteiger partial charge on any atom is 0.344 e. The first kappa shape index (κ1) is 15.5. The zero-order valence-corrected chi connectivity index (χ0v) is 12.5. The van der Waals surface area contributed by atoms with E-state index in [1.807, 2.05) is 30.3 Å². The highest BCUT2D eigenvalue weighted by molar-refractivity contribution is 6.05. The zero-order chi connectivity index (χ0) is 16.9. The first-order valence-corrected chi connectivity index (χ1v) is 7.20. The summed E-state index contributed by atoms with van der Waals surface area (Å²) >= 11 is 0. The topological polar surface area (TPSA) is 78.7 Å². The Labute approximate surface area is 137 Å². The minimum Gasteiger partial charge on any atom is -0.423 e. The first-order valence-electron chi connectivity index (χ1n) is 7.20. The molecule has 0 N–H and O–H groups in total. The summed E-state index contributed by atoms with van der Waals surface area (Å²) in [6.45, 7) is -0.148. The van der Waals surface area contributed by atoms with Crippen molar-refractivity contribution in [2.75, 3.05) is 0 Å². The van der Waals surface area contributed by atoms with E-state index in [-0.39, 0.29) is 6.61 Å². The van der Waals surface area contributed by atoms with Crippen LogP contribution in [0.1, 0.15) is 15.9 Å². The minimum absolute atomic E-state index is 0.148. The van der Waals surface area contributed by atoms with E-state index in [1.165, 1.54) is 0 Å². The Morgan fingerprint density at radius 1 is 0.958 bits per heavy atom. The third-order valence-electron chi connectivity index (χ3n) is 3.48. The lowest BCUT2D eigenvalue weighted by molar-refractivity contribution is -0.763. The number of nitrogens with zero attached hydrogens (tertiary/aromatic N) is 1. The summed E-state index contributed by atoms with van der Waals surface area (Å²) in [6.07, 6.45) is 0. The van der Waals surface area contributed by atoms with Crippen LogP contribution in [0.15, 0.2) is 66.7 Å². The molecule has 0 amide bonds. The van der Waals surface area contributed by atoms with Crippen LogP contribution in [0.2, 0.25) is 0 Å². The highest BCUT2D eigenvalue weighted by Gasteiger charge is 2.12. The molecule has 0 aliphatic heterocycles. The number of hydrogen-bond donors (Lipinski definition) is 0. The molecule has 120 valence electrons. The molecule has 0 aliphatic rings. The van der Waals surface area contributed by atoms with Gasteiger partial charge >= 0.3 is 5.97 Å². The summed E-state index contributed by atoms with van der Waals surface area (Å²) in [4.78, 5) is 26.8. The van der Waals surface area contributed by atoms with Crippen molar-refractivity contribution in [2.45, 2.75) is 6.61 Å². The average Bonchev–Trinajstić information content (AvgIpc) is 2.60. The molecule has 0 atom stereocenters. The van der Waals surface area contributed by atoms with Gasteiger partial charge in [-0.1, -0.05) is 48.5 Å². The van der Waals surface area contributed by atoms with Gasteiger partial charge in [0.1, 0.15) is 12.4 Å². The normalized spacial score (nSPS) is 10.3. The van der Waals surface area contributed by atoms with Crippen molar-refractivity contribution in [3.63, 3.8) is 0 Å². The molecule has 0 radical (unpaired) electrons. The van der Waals surface area contributed by atoms with E-state index in [9.17, 15) is 14.9 Å². The molecule has 3 aromatic carbocycles. The molecule has 6 heteroatoms. The SMILES string of the molecule is O=C(Oc1ccc(CO[N+](=O)[O-])cc1)c1cccc2ccccc12. The van der Waals surface area contributed by atoms with E-state index >= 15 is 0 Å². The Bertz CT molecular complexity index is 884. The quantitative estimate of drug-likeness (QED) is 0.309. The molecule has 3 rings (SSSR count). The molecule has 0 saturated heterocycles. The van der Waals surface area contributed by atoms with E-state index in [1.54, 1.807) is 36.4 Å². The molecular formula is C18H13NO5. The number of carbonyl (C=O) groups is 1. The molecule has 6 nitrogen and oxygen atoms in total. The second kappa shape index (κ2) is 6.78. The lowest BCUT2D eigenvalue weighted by Crippen LogP contribution is -2.09. The number of esters is 1. The fourth-order valence-corrected chi connectivity index (χ4v) is 2.35. The Kier molecular flexibility index (Phi) is 4.38. The summed E-state index contributed by atoms with van der Waals surface area (Å²) in [5.74, 6) is -0.0983. The Hall–Kier alpha value is -3.41. The number of benzene rings is 3. The van der Waals surface area contributed by atoms with Crippen molar-refractivity contribution in [1.29, 1.82) is 0 Å². The number of fused-ring (bicyclic) bond motifs is 1. The molecule has 0 unspecified atom stereocenters. The predicted octanol–water partition coefficient (Wildman–Crippen LogP) is 3.77. The van der Waals surface area contributed by atoms with Crippen LogP contribution in [0, 0.1) is 10.1 Å². The summed E-state index contributed by atoms with van der Waals surface area (Å²) in [5.41, 5.74) is 1.09. The zero-order valence-electron chi connectivity index (χ0n) is 12.5. The molecule has 24 heavy (non-hydrogen) atoms. The minimum atomic E-state index is -0.853. The Balaban J connectivity index is 1.75. The number of rotatable bonds is 5. The van der Waals surface area contributed by atoms with E-state index in [4.69, 9.17) is 4.74 Å². The molecule has 3 aromatic rings. The summed E-state index contributed by atoms with van der Waals surface area (Å²) < 4.78 is 5.38. The van der Waals surface area contributed by atoms with E-state index in [2.05, 4.69) is 4.84 Å². The Morgan fingerprint density at radius 2 is 1.67 bits per heavy atom. The maximum absolute atomic E-state index is 12.4. The van der Waals surface area contributed by atoms with E-state index < -0.39 is 11.1 Å². The van der Waals surface area contributed by atoms with E-state index in [0.29, 0.717) is 16.9 Å². The van der Waals surface area contributed by atoms with Crippen molar-refractivity contribution in [3.8, 4) is 5.75 Å². The predicted molar refractivity (Wildman–Crippen MR) is 87.1 cm³/mol. The summed E-state index contributed by atoms with van der Waals surface area (Å²) in [5, 5.41) is 11.1. The van der Waals surface area contributed by atoms with Crippen LogP contribution in [-0.4, -0.2) is 11.1 Å². The average molecular weight is 323 g/mol. The van der Waals surface area contributed by atoms with Gasteiger partial charge < -0.3 is 9.57 Å². The maximum atomic E-state index is 12.4. The third kappa shape index (κ3) is 3.49. The largest absolute Gasteiger partial charge is 0.423 e. The van der Waals surface area contributed by atoms with Crippen LogP contribution in [0.5, 0.6) is 5.75 Å². The van der Waals surface area contributed by atoms with Crippen molar-refractivity contribution in [2.24, 2.45) is 0 Å². The van der Waals surface area contributed by atoms with E-state index in [0.717, 1.165) is 10.8 Å². The molecular weight excluding hydrogens is 310 g/mol. The summed E-state index contributed by atoms with van der Waals surface area (Å²) in [7, 11) is 0. The third-order valence-corrected chi connectivity index (χ3v) is 3.48. The lowest BCUT2D eigenvalue weighted by atomic mass is 10.0. The van der Waals surface area contributed by atoms with Gasteiger partial charge in [0.05, 0.1) is 5.56 Å². The molecule has 0 bridgehead atoms. The van der Waals surface area contributed by atoms with Crippen molar-refractivity contribution in [1.82, 2.24) is 0 Å². The number of hydrogen-bond acceptors (Lipinski definition) is 5. The smallest absolute Gasteiger partial charge is 0.344 e. The summed E-state index contributed by atoms with van der Waals surface area (Å²) in [6, 6.07) is 19.4. The Morgan fingerprint density at radius 3 is 2.42 bits per heavy atom. The van der Waals surface area contributed by atoms with Crippen LogP contribution in [0.3, 0.4) is 0 Å². The molecule has 0 aromatic heterocycles. The first-order chi connectivity index (χ1) is 11.6. The number of carbonyl (C=O) groups excluding carboxylic acids is 1. The van der Waals surface area contributed by atoms with Gasteiger partial charge in [0, 0.05) is 0 Å². The fourth-order valence-electron chi connectivity index (χ4n) is 2.35. The van der Waals surface area contributed by atoms with Crippen LogP contribution >= 0.6 is 0 Å².